The van der Waals surface area contributed by atoms with Crippen LogP contribution in [0.15, 0.2) is 48.5 Å². The van der Waals surface area contributed by atoms with Crippen molar-refractivity contribution in [3.63, 3.8) is 0 Å². The van der Waals surface area contributed by atoms with E-state index in [1.807, 2.05) is 12.1 Å². The van der Waals surface area contributed by atoms with E-state index < -0.39 is 10.1 Å². The fourth-order valence-corrected chi connectivity index (χ4v) is 4.32. The lowest BCUT2D eigenvalue weighted by atomic mass is 9.91. The zero-order valence-electron chi connectivity index (χ0n) is 15.4. The number of rotatable bonds is 4. The normalized spacial score (nSPS) is 20.3. The number of nitrogens with zero attached hydrogens (tertiary/aromatic N) is 1. The molecule has 0 radical (unpaired) electrons. The lowest BCUT2D eigenvalue weighted by Gasteiger charge is -2.36. The molecule has 0 amide bonds. The van der Waals surface area contributed by atoms with Crippen LogP contribution >= 0.6 is 0 Å². The molecule has 6 heteroatoms. The van der Waals surface area contributed by atoms with E-state index in [1.54, 1.807) is 0 Å². The first-order chi connectivity index (χ1) is 13.0. The third-order valence-electron chi connectivity index (χ3n) is 5.17. The van der Waals surface area contributed by atoms with Crippen molar-refractivity contribution in [3.8, 4) is 0 Å². The van der Waals surface area contributed by atoms with Gasteiger partial charge in [-0.3, -0.25) is 9.08 Å². The molecule has 2 aromatic carbocycles. The summed E-state index contributed by atoms with van der Waals surface area (Å²) < 4.78 is 28.3. The molecule has 2 aromatic rings. The second-order valence-electron chi connectivity index (χ2n) is 7.04. The molecule has 1 aliphatic carbocycles. The molecule has 2 aliphatic rings. The highest BCUT2D eigenvalue weighted by atomic mass is 32.2. The molecule has 0 saturated carbocycles. The van der Waals surface area contributed by atoms with Crippen molar-refractivity contribution in [2.45, 2.75) is 6.04 Å². The van der Waals surface area contributed by atoms with Gasteiger partial charge in [0, 0.05) is 26.2 Å². The van der Waals surface area contributed by atoms with Crippen molar-refractivity contribution in [2.75, 3.05) is 39.0 Å². The van der Waals surface area contributed by atoms with Gasteiger partial charge in [-0.25, -0.2) is 0 Å². The van der Waals surface area contributed by atoms with Gasteiger partial charge in [0.05, 0.1) is 18.9 Å². The van der Waals surface area contributed by atoms with E-state index in [4.69, 9.17) is 4.18 Å². The molecule has 4 rings (SSSR count). The molecule has 1 fully saturated rings. The van der Waals surface area contributed by atoms with Crippen LogP contribution in [0.25, 0.3) is 11.6 Å². The smallest absolute Gasteiger partial charge is 0.264 e. The topological polar surface area (TPSA) is 58.6 Å². The Morgan fingerprint density at radius 2 is 1.70 bits per heavy atom. The summed E-state index contributed by atoms with van der Waals surface area (Å²) in [5.41, 5.74) is 5.51. The molecule has 1 atom stereocenters. The molecule has 27 heavy (non-hydrogen) atoms. The van der Waals surface area contributed by atoms with Crippen LogP contribution in [0, 0.1) is 0 Å². The molecule has 1 N–H and O–H groups in total. The number of hydrogen-bond donors (Lipinski definition) is 1. The average molecular weight is 385 g/mol. The SMILES string of the molecule is CS(=O)(=O)OCC1=Cc2ccccc2C(N2CCNCC2)c2ccccc21. The van der Waals surface area contributed by atoms with Crippen LogP contribution in [0.4, 0.5) is 0 Å². The molecule has 0 bridgehead atoms. The van der Waals surface area contributed by atoms with Gasteiger partial charge >= 0.3 is 0 Å². The van der Waals surface area contributed by atoms with Gasteiger partial charge in [0.2, 0.25) is 0 Å². The van der Waals surface area contributed by atoms with E-state index in [1.165, 1.54) is 11.1 Å². The molecule has 0 aromatic heterocycles. The summed E-state index contributed by atoms with van der Waals surface area (Å²) in [6, 6.07) is 16.8. The maximum Gasteiger partial charge on any atom is 0.264 e. The molecule has 142 valence electrons. The zero-order valence-corrected chi connectivity index (χ0v) is 16.2. The molecular weight excluding hydrogens is 360 g/mol. The number of piperazine rings is 1. The minimum Gasteiger partial charge on any atom is -0.314 e. The Hall–Kier alpha value is -1.99. The third-order valence-corrected chi connectivity index (χ3v) is 5.71. The van der Waals surface area contributed by atoms with Gasteiger partial charge in [-0.05, 0) is 33.9 Å². The van der Waals surface area contributed by atoms with Crippen LogP contribution in [-0.2, 0) is 14.3 Å². The Bertz CT molecular complexity index is 963. The van der Waals surface area contributed by atoms with E-state index in [2.05, 4.69) is 52.7 Å². The van der Waals surface area contributed by atoms with Gasteiger partial charge in [0.25, 0.3) is 10.1 Å². The van der Waals surface area contributed by atoms with Gasteiger partial charge in [-0.15, -0.1) is 0 Å². The van der Waals surface area contributed by atoms with Crippen molar-refractivity contribution >= 4 is 21.8 Å². The summed E-state index contributed by atoms with van der Waals surface area (Å²) in [6.07, 6.45) is 3.16. The van der Waals surface area contributed by atoms with Crippen molar-refractivity contribution < 1.29 is 12.6 Å². The third kappa shape index (κ3) is 3.99. The maximum atomic E-state index is 11.6. The lowest BCUT2D eigenvalue weighted by molar-refractivity contribution is 0.198. The quantitative estimate of drug-likeness (QED) is 0.821. The van der Waals surface area contributed by atoms with Crippen LogP contribution in [0.5, 0.6) is 0 Å². The fraction of sp³-hybridized carbons (Fsp3) is 0.333. The molecule has 1 heterocycles. The Kier molecular flexibility index (Phi) is 5.14. The zero-order chi connectivity index (χ0) is 18.9. The van der Waals surface area contributed by atoms with E-state index in [-0.39, 0.29) is 12.6 Å². The Morgan fingerprint density at radius 3 is 2.44 bits per heavy atom. The Morgan fingerprint density at radius 1 is 1.04 bits per heavy atom. The van der Waals surface area contributed by atoms with Crippen LogP contribution < -0.4 is 5.32 Å². The van der Waals surface area contributed by atoms with Gasteiger partial charge in [-0.1, -0.05) is 48.5 Å². The summed E-state index contributed by atoms with van der Waals surface area (Å²) >= 11 is 0. The molecule has 0 spiro atoms. The summed E-state index contributed by atoms with van der Waals surface area (Å²) in [4.78, 5) is 2.50. The number of hydrogen-bond acceptors (Lipinski definition) is 5. The lowest BCUT2D eigenvalue weighted by Crippen LogP contribution is -2.45. The largest absolute Gasteiger partial charge is 0.314 e. The second-order valence-corrected chi connectivity index (χ2v) is 8.68. The van der Waals surface area contributed by atoms with Crippen LogP contribution in [0.3, 0.4) is 0 Å². The predicted octanol–water partition coefficient (Wildman–Crippen LogP) is 2.51. The van der Waals surface area contributed by atoms with E-state index in [9.17, 15) is 8.42 Å². The van der Waals surface area contributed by atoms with Gasteiger partial charge in [0.1, 0.15) is 0 Å². The monoisotopic (exact) mass is 384 g/mol. The summed E-state index contributed by atoms with van der Waals surface area (Å²) in [6.45, 7) is 3.93. The average Bonchev–Trinajstić information content (AvgIpc) is 2.81. The number of benzene rings is 2. The fourth-order valence-electron chi connectivity index (χ4n) is 3.98. The number of fused-ring (bicyclic) bond motifs is 2. The van der Waals surface area contributed by atoms with Crippen molar-refractivity contribution in [3.05, 3.63) is 70.8 Å². The molecule has 5 nitrogen and oxygen atoms in total. The first-order valence-corrected chi connectivity index (χ1v) is 11.0. The first-order valence-electron chi connectivity index (χ1n) is 9.21. The molecule has 1 saturated heterocycles. The van der Waals surface area contributed by atoms with E-state index >= 15 is 0 Å². The number of nitrogens with one attached hydrogen (secondary N) is 1. The van der Waals surface area contributed by atoms with Crippen molar-refractivity contribution in [2.24, 2.45) is 0 Å². The Balaban J connectivity index is 1.85. The highest BCUT2D eigenvalue weighted by Crippen LogP contribution is 2.40. The minimum absolute atomic E-state index is 0.0401. The highest BCUT2D eigenvalue weighted by molar-refractivity contribution is 7.86. The Labute approximate surface area is 160 Å². The van der Waals surface area contributed by atoms with Gasteiger partial charge in [0.15, 0.2) is 0 Å². The maximum absolute atomic E-state index is 11.6. The summed E-state index contributed by atoms with van der Waals surface area (Å²) in [7, 11) is -3.51. The van der Waals surface area contributed by atoms with Gasteiger partial charge < -0.3 is 5.32 Å². The molecule has 1 unspecified atom stereocenters. The van der Waals surface area contributed by atoms with Crippen LogP contribution in [0.1, 0.15) is 28.3 Å². The highest BCUT2D eigenvalue weighted by Gasteiger charge is 2.30. The molecule has 1 aliphatic heterocycles. The molecular formula is C21H24N2O3S. The van der Waals surface area contributed by atoms with E-state index in [0.717, 1.165) is 49.1 Å². The first kappa shape index (κ1) is 18.4. The predicted molar refractivity (Wildman–Crippen MR) is 108 cm³/mol. The van der Waals surface area contributed by atoms with Crippen LogP contribution in [0.2, 0.25) is 0 Å². The second kappa shape index (κ2) is 7.56. The van der Waals surface area contributed by atoms with Crippen molar-refractivity contribution in [1.29, 1.82) is 0 Å². The summed E-state index contributed by atoms with van der Waals surface area (Å²) in [5, 5.41) is 3.42. The minimum atomic E-state index is -3.51. The standard InChI is InChI=1S/C21H24N2O3S/c1-27(24,25)26-15-17-14-16-6-2-3-8-19(16)21(23-12-10-22-11-13-23)20-9-5-4-7-18(17)20/h2-9,14,21-22H,10-13,15H2,1H3. The van der Waals surface area contributed by atoms with Crippen LogP contribution in [-0.4, -0.2) is 52.4 Å². The van der Waals surface area contributed by atoms with E-state index in [0.29, 0.717) is 0 Å². The summed E-state index contributed by atoms with van der Waals surface area (Å²) in [5.74, 6) is 0. The van der Waals surface area contributed by atoms with Gasteiger partial charge in [-0.2, -0.15) is 8.42 Å². The van der Waals surface area contributed by atoms with Crippen molar-refractivity contribution in [1.82, 2.24) is 10.2 Å².